The van der Waals surface area contributed by atoms with Crippen LogP contribution in [0.4, 0.5) is 10.5 Å². The maximum absolute atomic E-state index is 11.7. The molecule has 5 heteroatoms. The van der Waals surface area contributed by atoms with Crippen molar-refractivity contribution < 1.29 is 14.6 Å². The lowest BCUT2D eigenvalue weighted by atomic mass is 9.80. The molecule has 1 saturated carbocycles. The molecule has 0 saturated heterocycles. The van der Waals surface area contributed by atoms with Gasteiger partial charge in [0.05, 0.1) is 11.7 Å². The Morgan fingerprint density at radius 2 is 2.05 bits per heavy atom. The minimum atomic E-state index is -0.703. The van der Waals surface area contributed by atoms with Crippen molar-refractivity contribution >= 4 is 11.7 Å². The maximum Gasteiger partial charge on any atom is 0.319 e. The molecule has 21 heavy (non-hydrogen) atoms. The van der Waals surface area contributed by atoms with Crippen LogP contribution >= 0.6 is 0 Å². The van der Waals surface area contributed by atoms with E-state index in [1.807, 2.05) is 19.1 Å². The highest BCUT2D eigenvalue weighted by Crippen LogP contribution is 2.30. The van der Waals surface area contributed by atoms with E-state index in [1.54, 1.807) is 12.1 Å². The van der Waals surface area contributed by atoms with Crippen LogP contribution < -0.4 is 15.4 Å². The van der Waals surface area contributed by atoms with Crippen LogP contribution in [0, 0.1) is 0 Å². The van der Waals surface area contributed by atoms with Crippen LogP contribution in [0.2, 0.25) is 0 Å². The number of hydrogen-bond donors (Lipinski definition) is 3. The third kappa shape index (κ3) is 4.63. The smallest absolute Gasteiger partial charge is 0.319 e. The third-order valence-corrected chi connectivity index (χ3v) is 3.89. The van der Waals surface area contributed by atoms with Gasteiger partial charge in [0.1, 0.15) is 5.75 Å². The molecule has 3 N–H and O–H groups in total. The van der Waals surface area contributed by atoms with E-state index in [2.05, 4.69) is 17.6 Å². The van der Waals surface area contributed by atoms with E-state index < -0.39 is 5.60 Å². The summed E-state index contributed by atoms with van der Waals surface area (Å²) in [6.07, 6.45) is 3.67. The Hall–Kier alpha value is -1.75. The number of urea groups is 1. The van der Waals surface area contributed by atoms with Gasteiger partial charge >= 0.3 is 6.03 Å². The average molecular weight is 292 g/mol. The summed E-state index contributed by atoms with van der Waals surface area (Å²) in [6.45, 7) is 4.39. The van der Waals surface area contributed by atoms with Gasteiger partial charge in [0.2, 0.25) is 0 Å². The van der Waals surface area contributed by atoms with E-state index in [1.165, 1.54) is 0 Å². The second-order valence-electron chi connectivity index (χ2n) is 5.75. The summed E-state index contributed by atoms with van der Waals surface area (Å²) < 4.78 is 5.68. The summed E-state index contributed by atoms with van der Waals surface area (Å²) in [4.78, 5) is 11.7. The number of amides is 2. The molecule has 1 unspecified atom stereocenters. The van der Waals surface area contributed by atoms with Crippen LogP contribution in [-0.2, 0) is 0 Å². The van der Waals surface area contributed by atoms with Crippen LogP contribution in [-0.4, -0.2) is 29.4 Å². The number of rotatable bonds is 6. The first kappa shape index (κ1) is 15.6. The summed E-state index contributed by atoms with van der Waals surface area (Å²) in [6, 6.07) is 6.97. The molecule has 1 atom stereocenters. The molecule has 0 bridgehead atoms. The van der Waals surface area contributed by atoms with Crippen LogP contribution in [0.25, 0.3) is 0 Å². The highest BCUT2D eigenvalue weighted by atomic mass is 16.5. The zero-order valence-electron chi connectivity index (χ0n) is 12.7. The van der Waals surface area contributed by atoms with E-state index in [9.17, 15) is 9.90 Å². The molecule has 1 aromatic rings. The van der Waals surface area contributed by atoms with Gasteiger partial charge in [-0.15, -0.1) is 0 Å². The largest absolute Gasteiger partial charge is 0.491 e. The first-order valence-electron chi connectivity index (χ1n) is 7.55. The molecule has 116 valence electrons. The highest BCUT2D eigenvalue weighted by molar-refractivity contribution is 5.89. The fraction of sp³-hybridized carbons (Fsp3) is 0.562. The van der Waals surface area contributed by atoms with Crippen molar-refractivity contribution in [3.8, 4) is 5.75 Å². The van der Waals surface area contributed by atoms with Crippen molar-refractivity contribution in [3.05, 3.63) is 24.3 Å². The quantitative estimate of drug-likeness (QED) is 0.755. The van der Waals surface area contributed by atoms with Crippen molar-refractivity contribution in [3.63, 3.8) is 0 Å². The molecule has 1 fully saturated rings. The highest BCUT2D eigenvalue weighted by Gasteiger charge is 2.34. The molecular weight excluding hydrogens is 268 g/mol. The van der Waals surface area contributed by atoms with Crippen molar-refractivity contribution in [2.75, 3.05) is 11.9 Å². The van der Waals surface area contributed by atoms with E-state index in [-0.39, 0.29) is 12.1 Å². The van der Waals surface area contributed by atoms with Gasteiger partial charge in [0.15, 0.2) is 0 Å². The molecule has 1 aliphatic rings. The minimum absolute atomic E-state index is 0.176. The van der Waals surface area contributed by atoms with E-state index in [0.29, 0.717) is 12.2 Å². The van der Waals surface area contributed by atoms with Crippen molar-refractivity contribution in [2.24, 2.45) is 0 Å². The Balaban J connectivity index is 1.78. The molecule has 0 radical (unpaired) electrons. The van der Waals surface area contributed by atoms with E-state index >= 15 is 0 Å². The molecule has 5 nitrogen and oxygen atoms in total. The zero-order chi connectivity index (χ0) is 15.3. The van der Waals surface area contributed by atoms with Crippen molar-refractivity contribution in [2.45, 2.75) is 51.2 Å². The first-order chi connectivity index (χ1) is 10.0. The molecule has 0 heterocycles. The van der Waals surface area contributed by atoms with Gasteiger partial charge in [-0.1, -0.05) is 6.92 Å². The van der Waals surface area contributed by atoms with Gasteiger partial charge < -0.3 is 20.5 Å². The predicted molar refractivity (Wildman–Crippen MR) is 82.6 cm³/mol. The lowest BCUT2D eigenvalue weighted by molar-refractivity contribution is -0.0287. The van der Waals surface area contributed by atoms with Gasteiger partial charge in [-0.05, 0) is 56.9 Å². The van der Waals surface area contributed by atoms with Crippen LogP contribution in [0.5, 0.6) is 5.75 Å². The summed E-state index contributed by atoms with van der Waals surface area (Å²) >= 11 is 0. The lowest BCUT2D eigenvalue weighted by Gasteiger charge is -2.36. The van der Waals surface area contributed by atoms with Gasteiger partial charge in [-0.3, -0.25) is 0 Å². The molecule has 2 amide bonds. The first-order valence-corrected chi connectivity index (χ1v) is 7.55. The standard InChI is InChI=1S/C16H24N2O3/c1-3-12(2)21-14-7-5-13(6-8-14)18-15(19)17-11-16(20)9-4-10-16/h5-8,12,20H,3-4,9-11H2,1-2H3,(H2,17,18,19). The molecule has 1 aromatic carbocycles. The normalized spacial score (nSPS) is 17.5. The number of benzene rings is 1. The Morgan fingerprint density at radius 1 is 1.38 bits per heavy atom. The Morgan fingerprint density at radius 3 is 2.57 bits per heavy atom. The van der Waals surface area contributed by atoms with Crippen LogP contribution in [0.1, 0.15) is 39.5 Å². The number of carbonyl (C=O) groups excluding carboxylic acids is 1. The fourth-order valence-electron chi connectivity index (χ4n) is 2.11. The number of hydrogen-bond acceptors (Lipinski definition) is 3. The number of carbonyl (C=O) groups is 1. The average Bonchev–Trinajstić information content (AvgIpc) is 2.45. The number of anilines is 1. The number of nitrogens with one attached hydrogen (secondary N) is 2. The monoisotopic (exact) mass is 292 g/mol. The van der Waals surface area contributed by atoms with Gasteiger partial charge in [0, 0.05) is 12.2 Å². The predicted octanol–water partition coefficient (Wildman–Crippen LogP) is 2.90. The van der Waals surface area contributed by atoms with Gasteiger partial charge in [0.25, 0.3) is 0 Å². The minimum Gasteiger partial charge on any atom is -0.491 e. The Bertz CT molecular complexity index is 469. The molecule has 2 rings (SSSR count). The summed E-state index contributed by atoms with van der Waals surface area (Å²) in [5.74, 6) is 0.791. The summed E-state index contributed by atoms with van der Waals surface area (Å²) in [5, 5.41) is 15.3. The summed E-state index contributed by atoms with van der Waals surface area (Å²) in [7, 11) is 0. The van der Waals surface area contributed by atoms with Crippen molar-refractivity contribution in [1.82, 2.24) is 5.32 Å². The van der Waals surface area contributed by atoms with Gasteiger partial charge in [-0.25, -0.2) is 4.79 Å². The van der Waals surface area contributed by atoms with Crippen LogP contribution in [0.3, 0.4) is 0 Å². The second-order valence-corrected chi connectivity index (χ2v) is 5.75. The molecule has 0 spiro atoms. The topological polar surface area (TPSA) is 70.6 Å². The molecule has 1 aliphatic carbocycles. The third-order valence-electron chi connectivity index (χ3n) is 3.89. The zero-order valence-corrected chi connectivity index (χ0v) is 12.7. The molecule has 0 aliphatic heterocycles. The van der Waals surface area contributed by atoms with Crippen LogP contribution in [0.15, 0.2) is 24.3 Å². The van der Waals surface area contributed by atoms with E-state index in [0.717, 1.165) is 31.4 Å². The molecule has 0 aromatic heterocycles. The van der Waals surface area contributed by atoms with Crippen molar-refractivity contribution in [1.29, 1.82) is 0 Å². The lowest BCUT2D eigenvalue weighted by Crippen LogP contribution is -2.48. The number of aliphatic hydroxyl groups is 1. The maximum atomic E-state index is 11.7. The Kier molecular flexibility index (Phi) is 5.07. The summed E-state index contributed by atoms with van der Waals surface area (Å²) in [5.41, 5.74) is -0.00434. The number of ether oxygens (including phenoxy) is 1. The molecular formula is C16H24N2O3. The SMILES string of the molecule is CCC(C)Oc1ccc(NC(=O)NCC2(O)CCC2)cc1. The second kappa shape index (κ2) is 6.80. The Labute approximate surface area is 125 Å². The van der Waals surface area contributed by atoms with E-state index in [4.69, 9.17) is 4.74 Å². The fourth-order valence-corrected chi connectivity index (χ4v) is 2.11. The van der Waals surface area contributed by atoms with Gasteiger partial charge in [-0.2, -0.15) is 0 Å².